The van der Waals surface area contributed by atoms with Crippen molar-refractivity contribution in [2.75, 3.05) is 6.54 Å². The first-order valence-electron chi connectivity index (χ1n) is 7.92. The van der Waals surface area contributed by atoms with Crippen LogP contribution in [0, 0.1) is 6.92 Å². The van der Waals surface area contributed by atoms with Gasteiger partial charge in [-0.1, -0.05) is 12.1 Å². The van der Waals surface area contributed by atoms with E-state index in [9.17, 15) is 4.79 Å². The number of benzene rings is 1. The van der Waals surface area contributed by atoms with Gasteiger partial charge in [-0.3, -0.25) is 4.79 Å². The molecule has 24 heavy (non-hydrogen) atoms. The molecule has 0 spiro atoms. The Morgan fingerprint density at radius 1 is 1.33 bits per heavy atom. The fourth-order valence-corrected chi connectivity index (χ4v) is 3.13. The summed E-state index contributed by atoms with van der Waals surface area (Å²) in [6, 6.07) is 8.10. The van der Waals surface area contributed by atoms with Crippen LogP contribution >= 0.6 is 11.3 Å². The van der Waals surface area contributed by atoms with Crippen molar-refractivity contribution in [3.8, 4) is 0 Å². The largest absolute Gasteiger partial charge is 0.353 e. The third-order valence-electron chi connectivity index (χ3n) is 3.80. The van der Waals surface area contributed by atoms with Crippen molar-refractivity contribution >= 4 is 34.4 Å². The predicted molar refractivity (Wildman–Crippen MR) is 97.9 cm³/mol. The van der Waals surface area contributed by atoms with E-state index in [2.05, 4.69) is 25.9 Å². The summed E-state index contributed by atoms with van der Waals surface area (Å²) in [4.78, 5) is 20.7. The standard InChI is InChI=1S/C18H20N4OS/c1-13-20-14(12-24-13)9-10-18(23)19-11-5-8-17-21-15-6-3-4-7-16(15)22(17)2/h3-4,6-7,9-10,12H,5,8,11H2,1-2H3,(H,19,23). The van der Waals surface area contributed by atoms with E-state index in [-0.39, 0.29) is 5.91 Å². The van der Waals surface area contributed by atoms with Gasteiger partial charge in [-0.2, -0.15) is 0 Å². The Balaban J connectivity index is 1.47. The normalized spacial score (nSPS) is 11.4. The lowest BCUT2D eigenvalue weighted by Crippen LogP contribution is -2.22. The molecule has 0 aliphatic carbocycles. The fraction of sp³-hybridized carbons (Fsp3) is 0.278. The first-order chi connectivity index (χ1) is 11.6. The number of rotatable bonds is 6. The molecule has 3 aromatic rings. The number of para-hydroxylation sites is 2. The van der Waals surface area contributed by atoms with Crippen LogP contribution in [-0.4, -0.2) is 27.0 Å². The molecule has 0 saturated carbocycles. The SMILES string of the molecule is Cc1nc(C=CC(=O)NCCCc2nc3ccccc3n2C)cs1. The average molecular weight is 340 g/mol. The van der Waals surface area contributed by atoms with Crippen LogP contribution in [0.25, 0.3) is 17.1 Å². The van der Waals surface area contributed by atoms with Crippen LogP contribution in [0.3, 0.4) is 0 Å². The first kappa shape index (κ1) is 16.4. The summed E-state index contributed by atoms with van der Waals surface area (Å²) in [7, 11) is 2.03. The van der Waals surface area contributed by atoms with E-state index >= 15 is 0 Å². The van der Waals surface area contributed by atoms with E-state index in [0.717, 1.165) is 40.4 Å². The number of carbonyl (C=O) groups is 1. The maximum atomic E-state index is 11.8. The average Bonchev–Trinajstić information content (AvgIpc) is 3.14. The highest BCUT2D eigenvalue weighted by molar-refractivity contribution is 7.09. The third-order valence-corrected chi connectivity index (χ3v) is 4.59. The summed E-state index contributed by atoms with van der Waals surface area (Å²) in [6.07, 6.45) is 4.96. The van der Waals surface area contributed by atoms with Gasteiger partial charge >= 0.3 is 0 Å². The van der Waals surface area contributed by atoms with E-state index in [1.165, 1.54) is 6.08 Å². The van der Waals surface area contributed by atoms with Crippen LogP contribution in [-0.2, 0) is 18.3 Å². The second-order valence-corrected chi connectivity index (χ2v) is 6.66. The Kier molecular flexibility index (Phi) is 5.05. The Morgan fingerprint density at radius 3 is 2.92 bits per heavy atom. The molecule has 5 nitrogen and oxygen atoms in total. The zero-order valence-electron chi connectivity index (χ0n) is 13.8. The molecule has 1 aromatic carbocycles. The molecule has 0 unspecified atom stereocenters. The van der Waals surface area contributed by atoms with Crippen molar-refractivity contribution in [1.29, 1.82) is 0 Å². The third kappa shape index (κ3) is 3.89. The maximum absolute atomic E-state index is 11.8. The molecule has 0 saturated heterocycles. The number of aromatic nitrogens is 3. The van der Waals surface area contributed by atoms with Crippen LogP contribution in [0.15, 0.2) is 35.7 Å². The molecule has 2 heterocycles. The number of carbonyl (C=O) groups excluding carboxylic acids is 1. The lowest BCUT2D eigenvalue weighted by Gasteiger charge is -2.03. The van der Waals surface area contributed by atoms with Crippen LogP contribution in [0.1, 0.15) is 22.9 Å². The molecule has 0 atom stereocenters. The minimum absolute atomic E-state index is 0.0920. The number of imidazole rings is 1. The van der Waals surface area contributed by atoms with Crippen molar-refractivity contribution in [1.82, 2.24) is 19.9 Å². The molecule has 6 heteroatoms. The summed E-state index contributed by atoms with van der Waals surface area (Å²) < 4.78 is 2.11. The fourth-order valence-electron chi connectivity index (χ4n) is 2.55. The molecule has 1 amide bonds. The number of aryl methyl sites for hydroxylation is 3. The number of thiazole rings is 1. The Labute approximate surface area is 145 Å². The van der Waals surface area contributed by atoms with Gasteiger partial charge in [0.25, 0.3) is 0 Å². The minimum atomic E-state index is -0.0920. The second kappa shape index (κ2) is 7.40. The smallest absolute Gasteiger partial charge is 0.244 e. The van der Waals surface area contributed by atoms with Gasteiger partial charge in [0.2, 0.25) is 5.91 Å². The van der Waals surface area contributed by atoms with Crippen molar-refractivity contribution in [3.05, 3.63) is 52.2 Å². The number of nitrogens with zero attached hydrogens (tertiary/aromatic N) is 3. The molecule has 0 aliphatic rings. The number of hydrogen-bond acceptors (Lipinski definition) is 4. The molecule has 2 aromatic heterocycles. The van der Waals surface area contributed by atoms with E-state index < -0.39 is 0 Å². The number of amides is 1. The first-order valence-corrected chi connectivity index (χ1v) is 8.80. The number of fused-ring (bicyclic) bond motifs is 1. The highest BCUT2D eigenvalue weighted by Gasteiger charge is 2.06. The maximum Gasteiger partial charge on any atom is 0.244 e. The van der Waals surface area contributed by atoms with Gasteiger partial charge in [0.05, 0.1) is 21.7 Å². The van der Waals surface area contributed by atoms with Crippen LogP contribution in [0.5, 0.6) is 0 Å². The van der Waals surface area contributed by atoms with Gasteiger partial charge in [-0.15, -0.1) is 11.3 Å². The Hall–Kier alpha value is -2.47. The minimum Gasteiger partial charge on any atom is -0.353 e. The molecule has 124 valence electrons. The van der Waals surface area contributed by atoms with E-state index in [1.54, 1.807) is 17.4 Å². The molecular formula is C18H20N4OS. The van der Waals surface area contributed by atoms with Crippen LogP contribution in [0.4, 0.5) is 0 Å². The Bertz CT molecular complexity index is 878. The Morgan fingerprint density at radius 2 is 2.17 bits per heavy atom. The van der Waals surface area contributed by atoms with Crippen LogP contribution in [0.2, 0.25) is 0 Å². The highest BCUT2D eigenvalue weighted by atomic mass is 32.1. The molecule has 0 radical (unpaired) electrons. The second-order valence-electron chi connectivity index (χ2n) is 5.60. The molecule has 0 fully saturated rings. The number of nitrogens with one attached hydrogen (secondary N) is 1. The zero-order chi connectivity index (χ0) is 16.9. The zero-order valence-corrected chi connectivity index (χ0v) is 14.6. The van der Waals surface area contributed by atoms with Gasteiger partial charge in [0.1, 0.15) is 5.82 Å². The summed E-state index contributed by atoms with van der Waals surface area (Å²) in [5.74, 6) is 0.949. The predicted octanol–water partition coefficient (Wildman–Crippen LogP) is 3.10. The van der Waals surface area contributed by atoms with Gasteiger partial charge in [-0.25, -0.2) is 9.97 Å². The molecule has 3 rings (SSSR count). The lowest BCUT2D eigenvalue weighted by atomic mass is 10.3. The van der Waals surface area contributed by atoms with Gasteiger partial charge in [0.15, 0.2) is 0 Å². The molecule has 0 aliphatic heterocycles. The number of hydrogen-bond donors (Lipinski definition) is 1. The van der Waals surface area contributed by atoms with E-state index in [4.69, 9.17) is 0 Å². The van der Waals surface area contributed by atoms with Crippen molar-refractivity contribution in [2.24, 2.45) is 7.05 Å². The van der Waals surface area contributed by atoms with Gasteiger partial charge in [0, 0.05) is 31.5 Å². The van der Waals surface area contributed by atoms with Crippen LogP contribution < -0.4 is 5.32 Å². The van der Waals surface area contributed by atoms with Gasteiger partial charge < -0.3 is 9.88 Å². The van der Waals surface area contributed by atoms with Crippen molar-refractivity contribution in [3.63, 3.8) is 0 Å². The molecule has 0 bridgehead atoms. The monoisotopic (exact) mass is 340 g/mol. The van der Waals surface area contributed by atoms with Gasteiger partial charge in [-0.05, 0) is 31.6 Å². The van der Waals surface area contributed by atoms with E-state index in [0.29, 0.717) is 6.54 Å². The molecule has 1 N–H and O–H groups in total. The summed E-state index contributed by atoms with van der Waals surface area (Å²) in [6.45, 7) is 2.57. The summed E-state index contributed by atoms with van der Waals surface area (Å²) in [5.41, 5.74) is 2.98. The molecular weight excluding hydrogens is 320 g/mol. The van der Waals surface area contributed by atoms with Crippen molar-refractivity contribution in [2.45, 2.75) is 19.8 Å². The van der Waals surface area contributed by atoms with Crippen molar-refractivity contribution < 1.29 is 4.79 Å². The summed E-state index contributed by atoms with van der Waals surface area (Å²) >= 11 is 1.57. The summed E-state index contributed by atoms with van der Waals surface area (Å²) in [5, 5.41) is 5.83. The lowest BCUT2D eigenvalue weighted by molar-refractivity contribution is -0.116. The topological polar surface area (TPSA) is 59.8 Å². The van der Waals surface area contributed by atoms with E-state index in [1.807, 2.05) is 37.6 Å². The highest BCUT2D eigenvalue weighted by Crippen LogP contribution is 2.15. The quantitative estimate of drug-likeness (QED) is 0.554.